The summed E-state index contributed by atoms with van der Waals surface area (Å²) in [6.45, 7) is 2.47. The van der Waals surface area contributed by atoms with E-state index in [2.05, 4.69) is 0 Å². The van der Waals surface area contributed by atoms with Gasteiger partial charge in [0.1, 0.15) is 40.5 Å². The van der Waals surface area contributed by atoms with Crippen LogP contribution in [-0.4, -0.2) is 212 Å². The van der Waals surface area contributed by atoms with Crippen LogP contribution in [0, 0.1) is 23.7 Å². The fourth-order valence-corrected chi connectivity index (χ4v) is 21.3. The van der Waals surface area contributed by atoms with E-state index < -0.39 is 187 Å². The van der Waals surface area contributed by atoms with Gasteiger partial charge in [-0.1, -0.05) is 125 Å². The lowest BCUT2D eigenvalue weighted by molar-refractivity contribution is -0.187. The molecular formula is C65H76O28S16. The first kappa shape index (κ1) is 97.0. The minimum atomic E-state index is -4.55. The summed E-state index contributed by atoms with van der Waals surface area (Å²) in [5, 5.41) is 39.6. The van der Waals surface area contributed by atoms with Gasteiger partial charge in [0.25, 0.3) is 40.5 Å². The van der Waals surface area contributed by atoms with E-state index in [0.29, 0.717) is 22.3 Å². The molecule has 8 unspecified atom stereocenters. The van der Waals surface area contributed by atoms with Crippen molar-refractivity contribution in [1.82, 2.24) is 0 Å². The number of carboxylic acid groups (broad SMARTS) is 4. The molecule has 4 aromatic carbocycles. The summed E-state index contributed by atoms with van der Waals surface area (Å²) in [5.41, 5.74) is -0.423. The molecule has 0 aliphatic rings. The number of carbonyl (C=O) groups excluding carboxylic acids is 4. The quantitative estimate of drug-likeness (QED) is 0.00882. The Morgan fingerprint density at radius 2 is 0.550 bits per heavy atom. The fraction of sp³-hybridized carbons (Fsp3) is 0.446. The van der Waals surface area contributed by atoms with E-state index in [1.54, 1.807) is 0 Å². The van der Waals surface area contributed by atoms with E-state index in [4.69, 9.17) is 67.8 Å². The fourth-order valence-electron chi connectivity index (χ4n) is 9.46. The van der Waals surface area contributed by atoms with Gasteiger partial charge >= 0.3 is 41.8 Å². The highest BCUT2D eigenvalue weighted by Gasteiger charge is 2.39. The third-order valence-electron chi connectivity index (χ3n) is 16.1. The zero-order valence-electron chi connectivity index (χ0n) is 57.9. The van der Waals surface area contributed by atoms with Gasteiger partial charge in [0, 0.05) is 76.1 Å². The minimum Gasteiger partial charge on any atom is -0.481 e. The number of thiocarbonyl (C=S) groups is 4. The molecule has 8 N–H and O–H groups in total. The van der Waals surface area contributed by atoms with Crippen LogP contribution >= 0.6 is 143 Å². The topological polar surface area (TPSA) is 472 Å². The Morgan fingerprint density at radius 3 is 0.743 bits per heavy atom. The number of ether oxygens (including phenoxy) is 4. The Labute approximate surface area is 685 Å². The number of Topliss-reactive ketones (excluding diaryl/α,β-unsaturated/α-hetero) is 1. The van der Waals surface area contributed by atoms with Gasteiger partial charge in [0.15, 0.2) is 11.4 Å². The van der Waals surface area contributed by atoms with E-state index in [1.165, 1.54) is 76.2 Å². The van der Waals surface area contributed by atoms with Gasteiger partial charge in [0.2, 0.25) is 0 Å². The molecule has 0 radical (unpaired) electrons. The van der Waals surface area contributed by atoms with Crippen molar-refractivity contribution in [3.8, 4) is 0 Å². The van der Waals surface area contributed by atoms with E-state index in [9.17, 15) is 111 Å². The van der Waals surface area contributed by atoms with Crippen molar-refractivity contribution in [2.75, 3.05) is 72.5 Å². The van der Waals surface area contributed by atoms with Crippen molar-refractivity contribution in [3.63, 3.8) is 0 Å². The second-order valence-corrected chi connectivity index (χ2v) is 42.7. The molecule has 0 aromatic heterocycles. The average Bonchev–Trinajstić information content (AvgIpc) is 0.845. The van der Waals surface area contributed by atoms with Crippen molar-refractivity contribution in [2.45, 2.75) is 102 Å². The van der Waals surface area contributed by atoms with Crippen LogP contribution in [0.15, 0.2) is 117 Å². The highest BCUT2D eigenvalue weighted by molar-refractivity contribution is 8.48. The van der Waals surface area contributed by atoms with Crippen LogP contribution in [-0.2, 0) is 97.8 Å². The molecule has 109 heavy (non-hydrogen) atoms. The first-order valence-electron chi connectivity index (χ1n) is 31.8. The lowest BCUT2D eigenvalue weighted by Gasteiger charge is -2.32. The summed E-state index contributed by atoms with van der Waals surface area (Å²) in [4.78, 5) is 102. The molecule has 0 heterocycles. The number of carboxylic acids is 4. The molecule has 0 saturated carbocycles. The van der Waals surface area contributed by atoms with E-state index >= 15 is 0 Å². The zero-order chi connectivity index (χ0) is 81.8. The van der Waals surface area contributed by atoms with Gasteiger partial charge in [-0.3, -0.25) is 56.6 Å². The number of esters is 3. The van der Waals surface area contributed by atoms with Crippen LogP contribution in [0.3, 0.4) is 0 Å². The molecule has 0 aliphatic heterocycles. The Bertz CT molecular complexity index is 3800. The number of carbonyl (C=O) groups is 8. The number of aliphatic carboxylic acids is 4. The third kappa shape index (κ3) is 34.7. The second-order valence-electron chi connectivity index (χ2n) is 23.7. The number of hydrogen-bond donors (Lipinski definition) is 8. The smallest absolute Gasteiger partial charge is 0.306 e. The molecule has 0 amide bonds. The predicted molar refractivity (Wildman–Crippen MR) is 438 cm³/mol. The first-order chi connectivity index (χ1) is 50.8. The lowest BCUT2D eigenvalue weighted by atomic mass is 9.89. The Hall–Kier alpha value is -4.40. The Kier molecular flexibility index (Phi) is 41.1. The van der Waals surface area contributed by atoms with Gasteiger partial charge in [-0.05, 0) is 70.8 Å². The molecule has 0 saturated heterocycles. The molecule has 600 valence electrons. The molecule has 44 heteroatoms. The summed E-state index contributed by atoms with van der Waals surface area (Å²) in [7, 11) is -18.2. The molecule has 0 spiro atoms. The van der Waals surface area contributed by atoms with E-state index in [0.717, 1.165) is 143 Å². The normalized spacial score (nSPS) is 14.7. The van der Waals surface area contributed by atoms with Crippen molar-refractivity contribution >= 4 is 245 Å². The van der Waals surface area contributed by atoms with E-state index in [-0.39, 0.29) is 85.8 Å². The molecular weight excluding hydrogens is 1740 g/mol. The molecule has 0 aliphatic carbocycles. The summed E-state index contributed by atoms with van der Waals surface area (Å²) in [5.74, 6) is -14.4. The van der Waals surface area contributed by atoms with Crippen molar-refractivity contribution in [1.29, 1.82) is 0 Å². The largest absolute Gasteiger partial charge is 0.481 e. The van der Waals surface area contributed by atoms with Gasteiger partial charge in [-0.25, -0.2) is 0 Å². The van der Waals surface area contributed by atoms with E-state index in [1.807, 2.05) is 0 Å². The maximum atomic E-state index is 13.8. The molecule has 0 bridgehead atoms. The standard InChI is InChI=1S/C65H76O28S16/c1-37(57(70)71)50(41-5-13-46(14-6-41)106(78,79)80)30-102-61(94)98-25-21-45(66)29-93-65(34-90-54(67)22-26-99-62(95)103-31-51(38(2)58(72)73)42-7-15-47(16-8-42)107(81,82)83,35-91-55(68)23-27-100-63(96)104-32-52(39(3)59(74)75)43-9-17-48(18-10-43)108(84,85)86)36-92-56(69)24-28-101-64(97)105-33-53(40(4)60(76)77)44-11-19-49(20-12-44)109(87,88)89/h5-20,37-40,50-53H,21-36H2,1-4H3,(H,70,71)(H,72,73)(H,74,75)(H,76,77)(H,78,79,80)(H,81,82,83)(H,84,85,86)(H,87,88,89). The Balaban J connectivity index is 1.57. The van der Waals surface area contributed by atoms with Crippen LogP contribution in [0.25, 0.3) is 0 Å². The monoisotopic (exact) mass is 1820 g/mol. The highest BCUT2D eigenvalue weighted by Crippen LogP contribution is 2.37. The molecule has 4 rings (SSSR count). The van der Waals surface area contributed by atoms with Crippen molar-refractivity contribution in [3.05, 3.63) is 119 Å². The zero-order valence-corrected chi connectivity index (χ0v) is 71.0. The minimum absolute atomic E-state index is 0.0210. The maximum absolute atomic E-state index is 13.8. The van der Waals surface area contributed by atoms with Gasteiger partial charge in [-0.2, -0.15) is 33.7 Å². The van der Waals surface area contributed by atoms with Crippen molar-refractivity contribution in [2.24, 2.45) is 23.7 Å². The number of hydrogen-bond acceptors (Lipinski definition) is 32. The van der Waals surface area contributed by atoms with Crippen LogP contribution in [0.2, 0.25) is 0 Å². The maximum Gasteiger partial charge on any atom is 0.306 e. The van der Waals surface area contributed by atoms with Crippen LogP contribution in [0.1, 0.15) is 99.3 Å². The molecule has 0 fully saturated rings. The molecule has 4 aromatic rings. The summed E-state index contributed by atoms with van der Waals surface area (Å²) in [6, 6.07) is 19.9. The Morgan fingerprint density at radius 1 is 0.349 bits per heavy atom. The number of rotatable bonds is 45. The second kappa shape index (κ2) is 46.2. The van der Waals surface area contributed by atoms with Crippen LogP contribution in [0.4, 0.5) is 0 Å². The number of thioether (sulfide) groups is 8. The summed E-state index contributed by atoms with van der Waals surface area (Å²) >= 11 is 30.7. The van der Waals surface area contributed by atoms with Crippen molar-refractivity contribution < 1.29 is 130 Å². The first-order valence-corrected chi connectivity index (χ1v) is 47.1. The van der Waals surface area contributed by atoms with Gasteiger partial charge < -0.3 is 39.4 Å². The van der Waals surface area contributed by atoms with Gasteiger partial charge in [-0.15, -0.1) is 94.1 Å². The summed E-state index contributed by atoms with van der Waals surface area (Å²) < 4.78 is 156. The predicted octanol–water partition coefficient (Wildman–Crippen LogP) is 11.5. The lowest BCUT2D eigenvalue weighted by Crippen LogP contribution is -2.49. The SMILES string of the molecule is CC(C(=O)O)C(CSC(=S)SCCC(=O)COC(COC(=O)CCSC(=S)SCC(c1ccc(S(=O)(=O)O)cc1)C(C)C(=O)O)(COC(=O)CCSC(=S)SCC(c1ccc(S(=O)(=O)O)cc1)C(C)C(=O)O)COC(=O)CCSC(=S)SCC(c1ccc(S(=O)(=O)O)cc1)C(C)C(=O)O)c1ccc(S(=O)(=O)O)cc1. The number of ketones is 1. The highest BCUT2D eigenvalue weighted by atomic mass is 32.3. The summed E-state index contributed by atoms with van der Waals surface area (Å²) in [6.07, 6.45) is -1.30. The van der Waals surface area contributed by atoms with Crippen LogP contribution < -0.4 is 0 Å². The number of benzene rings is 4. The molecule has 8 atom stereocenters. The average molecular weight is 1820 g/mol. The van der Waals surface area contributed by atoms with Crippen LogP contribution in [0.5, 0.6) is 0 Å². The van der Waals surface area contributed by atoms with Gasteiger partial charge in [0.05, 0.1) is 62.5 Å². The third-order valence-corrected chi connectivity index (χ3v) is 30.9. The molecule has 28 nitrogen and oxygen atoms in total.